The van der Waals surface area contributed by atoms with Crippen molar-refractivity contribution in [1.82, 2.24) is 4.98 Å². The van der Waals surface area contributed by atoms with E-state index in [-0.39, 0.29) is 12.0 Å². The van der Waals surface area contributed by atoms with E-state index >= 15 is 0 Å². The first-order valence-corrected chi connectivity index (χ1v) is 7.70. The number of hydrogen-bond donors (Lipinski definition) is 1. The molecule has 3 rings (SSSR count). The minimum absolute atomic E-state index is 0.0455. The van der Waals surface area contributed by atoms with Gasteiger partial charge in [-0.1, -0.05) is 6.07 Å². The molecule has 1 aromatic carbocycles. The lowest BCUT2D eigenvalue weighted by Gasteiger charge is -2.33. The Morgan fingerprint density at radius 2 is 2.38 bits per heavy atom. The predicted molar refractivity (Wildman–Crippen MR) is 83.0 cm³/mol. The molecule has 1 atom stereocenters. The number of carbonyl (C=O) groups excluding carboxylic acids is 1. The van der Waals surface area contributed by atoms with Crippen molar-refractivity contribution in [3.63, 3.8) is 0 Å². The lowest BCUT2D eigenvalue weighted by molar-refractivity contribution is 0.0957. The van der Waals surface area contributed by atoms with Crippen LogP contribution in [0.25, 0.3) is 0 Å². The lowest BCUT2D eigenvalue weighted by atomic mass is 10.1. The average molecular weight is 303 g/mol. The molecule has 2 heterocycles. The van der Waals surface area contributed by atoms with E-state index in [9.17, 15) is 4.79 Å². The molecule has 1 aromatic heterocycles. The number of benzene rings is 1. The summed E-state index contributed by atoms with van der Waals surface area (Å²) >= 11 is 1.41. The molecular formula is C15H17N3O2S. The van der Waals surface area contributed by atoms with E-state index in [1.165, 1.54) is 11.3 Å². The van der Waals surface area contributed by atoms with Crippen LogP contribution >= 0.6 is 11.3 Å². The summed E-state index contributed by atoms with van der Waals surface area (Å²) in [5.74, 6) is 0.641. The molecule has 1 aliphatic rings. The van der Waals surface area contributed by atoms with E-state index in [1.54, 1.807) is 10.3 Å². The number of aromatic nitrogens is 1. The van der Waals surface area contributed by atoms with Gasteiger partial charge in [-0.25, -0.2) is 4.98 Å². The van der Waals surface area contributed by atoms with E-state index in [1.807, 2.05) is 32.0 Å². The van der Waals surface area contributed by atoms with Crippen LogP contribution in [0.5, 0.6) is 5.75 Å². The summed E-state index contributed by atoms with van der Waals surface area (Å²) in [4.78, 5) is 18.7. The van der Waals surface area contributed by atoms with Crippen LogP contribution < -0.4 is 15.4 Å². The lowest BCUT2D eigenvalue weighted by Crippen LogP contribution is -2.42. The van der Waals surface area contributed by atoms with Crippen LogP contribution in [0.3, 0.4) is 0 Å². The molecule has 0 saturated carbocycles. The van der Waals surface area contributed by atoms with Crippen LogP contribution in [0.1, 0.15) is 28.0 Å². The van der Waals surface area contributed by atoms with Crippen molar-refractivity contribution in [3.8, 4) is 5.75 Å². The molecule has 2 N–H and O–H groups in total. The van der Waals surface area contributed by atoms with E-state index < -0.39 is 0 Å². The molecule has 1 unspecified atom stereocenters. The summed E-state index contributed by atoms with van der Waals surface area (Å²) in [7, 11) is 0. The van der Waals surface area contributed by atoms with Gasteiger partial charge in [0.25, 0.3) is 5.91 Å². The highest BCUT2D eigenvalue weighted by molar-refractivity contribution is 7.09. The number of ether oxygens (including phenoxy) is 1. The van der Waals surface area contributed by atoms with Crippen LogP contribution in [-0.2, 0) is 6.54 Å². The molecule has 110 valence electrons. The topological polar surface area (TPSA) is 68.5 Å². The molecule has 0 aliphatic carbocycles. The second-order valence-corrected chi connectivity index (χ2v) is 6.09. The Labute approximate surface area is 127 Å². The number of anilines is 1. The second kappa shape index (κ2) is 5.46. The molecule has 0 spiro atoms. The number of aryl methyl sites for hydroxylation is 1. The van der Waals surface area contributed by atoms with Crippen LogP contribution in [0, 0.1) is 6.92 Å². The molecule has 5 nitrogen and oxygen atoms in total. The molecule has 0 saturated heterocycles. The minimum Gasteiger partial charge on any atom is -0.487 e. The summed E-state index contributed by atoms with van der Waals surface area (Å²) in [5.41, 5.74) is 7.91. The van der Waals surface area contributed by atoms with Gasteiger partial charge in [0.1, 0.15) is 22.6 Å². The largest absolute Gasteiger partial charge is 0.487 e. The van der Waals surface area contributed by atoms with Gasteiger partial charge >= 0.3 is 0 Å². The van der Waals surface area contributed by atoms with Crippen molar-refractivity contribution < 1.29 is 9.53 Å². The molecular weight excluding hydrogens is 286 g/mol. The van der Waals surface area contributed by atoms with Gasteiger partial charge in [-0.15, -0.1) is 11.3 Å². The summed E-state index contributed by atoms with van der Waals surface area (Å²) in [6, 6.07) is 5.85. The van der Waals surface area contributed by atoms with E-state index in [0.717, 1.165) is 22.0 Å². The quantitative estimate of drug-likeness (QED) is 0.924. The maximum atomic E-state index is 12.7. The molecule has 1 aliphatic heterocycles. The van der Waals surface area contributed by atoms with Crippen LogP contribution in [0.2, 0.25) is 0 Å². The summed E-state index contributed by atoms with van der Waals surface area (Å²) in [6.07, 6.45) is -0.0455. The highest BCUT2D eigenvalue weighted by Crippen LogP contribution is 2.35. The van der Waals surface area contributed by atoms with Gasteiger partial charge in [-0.2, -0.15) is 0 Å². The fraction of sp³-hybridized carbons (Fsp3) is 0.333. The SMILES string of the molecule is Cc1ccc2c(c1)OC(C)CN2C(=O)c1csc(CN)n1. The number of carbonyl (C=O) groups is 1. The predicted octanol–water partition coefficient (Wildman–Crippen LogP) is 2.34. The zero-order valence-corrected chi connectivity index (χ0v) is 12.8. The van der Waals surface area contributed by atoms with Crippen molar-refractivity contribution in [1.29, 1.82) is 0 Å². The summed E-state index contributed by atoms with van der Waals surface area (Å²) in [5, 5.41) is 2.53. The molecule has 6 heteroatoms. The number of fused-ring (bicyclic) bond motifs is 1. The third kappa shape index (κ3) is 2.64. The van der Waals surface area contributed by atoms with Crippen molar-refractivity contribution in [3.05, 3.63) is 39.8 Å². The second-order valence-electron chi connectivity index (χ2n) is 5.15. The Kier molecular flexibility index (Phi) is 3.65. The fourth-order valence-corrected chi connectivity index (χ4v) is 3.03. The van der Waals surface area contributed by atoms with Crippen molar-refractivity contribution in [2.75, 3.05) is 11.4 Å². The number of hydrogen-bond acceptors (Lipinski definition) is 5. The maximum absolute atomic E-state index is 12.7. The summed E-state index contributed by atoms with van der Waals surface area (Å²) < 4.78 is 5.82. The Morgan fingerprint density at radius 3 is 3.10 bits per heavy atom. The van der Waals surface area contributed by atoms with Gasteiger partial charge in [0, 0.05) is 11.9 Å². The van der Waals surface area contributed by atoms with Gasteiger partial charge in [-0.05, 0) is 31.5 Å². The molecule has 1 amide bonds. The Bertz CT molecular complexity index is 683. The van der Waals surface area contributed by atoms with Gasteiger partial charge in [0.2, 0.25) is 0 Å². The van der Waals surface area contributed by atoms with Gasteiger partial charge in [-0.3, -0.25) is 9.69 Å². The zero-order chi connectivity index (χ0) is 15.0. The molecule has 21 heavy (non-hydrogen) atoms. The highest BCUT2D eigenvalue weighted by atomic mass is 32.1. The van der Waals surface area contributed by atoms with Gasteiger partial charge in [0.15, 0.2) is 0 Å². The third-order valence-electron chi connectivity index (χ3n) is 3.36. The Morgan fingerprint density at radius 1 is 1.57 bits per heavy atom. The first-order chi connectivity index (χ1) is 10.1. The van der Waals surface area contributed by atoms with Crippen LogP contribution in [0.15, 0.2) is 23.6 Å². The van der Waals surface area contributed by atoms with E-state index in [0.29, 0.717) is 18.8 Å². The number of nitrogens with zero attached hydrogens (tertiary/aromatic N) is 2. The Hall–Kier alpha value is -1.92. The fourth-order valence-electron chi connectivity index (χ4n) is 2.38. The molecule has 0 bridgehead atoms. The third-order valence-corrected chi connectivity index (χ3v) is 4.24. The standard InChI is InChI=1S/C15H17N3O2S/c1-9-3-4-12-13(5-9)20-10(2)7-18(12)15(19)11-8-21-14(6-16)17-11/h3-5,8,10H,6-7,16H2,1-2H3. The monoisotopic (exact) mass is 303 g/mol. The normalized spacial score (nSPS) is 17.3. The number of nitrogens with two attached hydrogens (primary N) is 1. The summed E-state index contributed by atoms with van der Waals surface area (Å²) in [6.45, 7) is 4.83. The van der Waals surface area contributed by atoms with Crippen LogP contribution in [0.4, 0.5) is 5.69 Å². The first kappa shape index (κ1) is 14.0. The van der Waals surface area contributed by atoms with Crippen molar-refractivity contribution in [2.45, 2.75) is 26.5 Å². The highest BCUT2D eigenvalue weighted by Gasteiger charge is 2.29. The van der Waals surface area contributed by atoms with Gasteiger partial charge in [0.05, 0.1) is 12.2 Å². The number of amides is 1. The molecule has 2 aromatic rings. The minimum atomic E-state index is -0.105. The smallest absolute Gasteiger partial charge is 0.277 e. The number of thiazole rings is 1. The molecule has 0 radical (unpaired) electrons. The first-order valence-electron chi connectivity index (χ1n) is 6.82. The van der Waals surface area contributed by atoms with Crippen LogP contribution in [-0.4, -0.2) is 23.5 Å². The van der Waals surface area contributed by atoms with Crippen molar-refractivity contribution in [2.24, 2.45) is 5.73 Å². The average Bonchev–Trinajstić information content (AvgIpc) is 2.94. The van der Waals surface area contributed by atoms with Crippen molar-refractivity contribution >= 4 is 22.9 Å². The zero-order valence-electron chi connectivity index (χ0n) is 12.0. The Balaban J connectivity index is 1.97. The molecule has 0 fully saturated rings. The van der Waals surface area contributed by atoms with Gasteiger partial charge < -0.3 is 10.5 Å². The van der Waals surface area contributed by atoms with E-state index in [4.69, 9.17) is 10.5 Å². The maximum Gasteiger partial charge on any atom is 0.277 e. The van der Waals surface area contributed by atoms with E-state index in [2.05, 4.69) is 4.98 Å². The number of rotatable bonds is 2.